The van der Waals surface area contributed by atoms with Gasteiger partial charge >= 0.3 is 10.3 Å². The van der Waals surface area contributed by atoms with Crippen LogP contribution in [0.4, 0.5) is 0 Å². The van der Waals surface area contributed by atoms with Crippen LogP contribution in [-0.4, -0.2) is 33.5 Å². The van der Waals surface area contributed by atoms with E-state index in [1.807, 2.05) is 19.1 Å². The third-order valence-electron chi connectivity index (χ3n) is 4.78. The molecule has 2 aliphatic heterocycles. The van der Waals surface area contributed by atoms with Gasteiger partial charge in [-0.15, -0.1) is 0 Å². The lowest BCUT2D eigenvalue weighted by Crippen LogP contribution is -2.31. The van der Waals surface area contributed by atoms with Gasteiger partial charge in [0, 0.05) is 0 Å². The van der Waals surface area contributed by atoms with Gasteiger partial charge in [-0.25, -0.2) is 8.42 Å². The summed E-state index contributed by atoms with van der Waals surface area (Å²) in [5.74, 6) is -0.313. The quantitative estimate of drug-likeness (QED) is 0.816. The Hall–Kier alpha value is -1.74. The molecule has 132 valence electrons. The monoisotopic (exact) mass is 379 g/mol. The van der Waals surface area contributed by atoms with Gasteiger partial charge in [0.2, 0.25) is 0 Å². The lowest BCUT2D eigenvalue weighted by Gasteiger charge is -2.21. The number of hydrogen-bond acceptors (Lipinski definition) is 5. The zero-order valence-corrected chi connectivity index (χ0v) is 15.1. The van der Waals surface area contributed by atoms with Crippen molar-refractivity contribution in [2.45, 2.75) is 23.9 Å². The summed E-state index contributed by atoms with van der Waals surface area (Å²) in [7, 11) is -7.59. The zero-order chi connectivity index (χ0) is 17.8. The number of fused-ring (bicyclic) bond motifs is 3. The Kier molecular flexibility index (Phi) is 3.77. The van der Waals surface area contributed by atoms with Gasteiger partial charge < -0.3 is 0 Å². The Bertz CT molecular complexity index is 1030. The van der Waals surface area contributed by atoms with Gasteiger partial charge in [0.05, 0.1) is 29.3 Å². The van der Waals surface area contributed by atoms with E-state index in [9.17, 15) is 16.8 Å². The first-order valence-corrected chi connectivity index (χ1v) is 10.9. The summed E-state index contributed by atoms with van der Waals surface area (Å²) in [5, 5.41) is 0. The van der Waals surface area contributed by atoms with Gasteiger partial charge in [0.15, 0.2) is 9.84 Å². The lowest BCUT2D eigenvalue weighted by molar-refractivity contribution is 0.311. The fourth-order valence-corrected chi connectivity index (χ4v) is 6.72. The van der Waals surface area contributed by atoms with Crippen LogP contribution in [0.1, 0.15) is 28.8 Å². The number of benzene rings is 2. The highest BCUT2D eigenvalue weighted by Gasteiger charge is 2.52. The Morgan fingerprint density at radius 3 is 2.56 bits per heavy atom. The molecule has 2 aliphatic rings. The van der Waals surface area contributed by atoms with E-state index < -0.39 is 32.2 Å². The molecule has 0 amide bonds. The predicted molar refractivity (Wildman–Crippen MR) is 91.9 cm³/mol. The van der Waals surface area contributed by atoms with Gasteiger partial charge in [-0.2, -0.15) is 12.7 Å². The Labute approximate surface area is 147 Å². The first-order chi connectivity index (χ1) is 11.8. The summed E-state index contributed by atoms with van der Waals surface area (Å²) in [6.45, 7) is 1.91. The summed E-state index contributed by atoms with van der Waals surface area (Å²) >= 11 is 0. The first-order valence-electron chi connectivity index (χ1n) is 7.86. The lowest BCUT2D eigenvalue weighted by atomic mass is 9.98. The van der Waals surface area contributed by atoms with Crippen molar-refractivity contribution in [2.75, 3.05) is 12.4 Å². The van der Waals surface area contributed by atoms with Crippen molar-refractivity contribution in [1.82, 2.24) is 4.31 Å². The summed E-state index contributed by atoms with van der Waals surface area (Å²) in [6.07, 6.45) is 0. The van der Waals surface area contributed by atoms with Gasteiger partial charge in [0.1, 0.15) is 0 Å². The third kappa shape index (κ3) is 2.60. The highest BCUT2D eigenvalue weighted by atomic mass is 32.2. The first kappa shape index (κ1) is 16.7. The van der Waals surface area contributed by atoms with Crippen LogP contribution in [-0.2, 0) is 24.3 Å². The standard InChI is InChI=1S/C17H17NO5S2/c1-12-6-5-9-14-16(11-24(19,20)13-7-3-2-4-8-13)18-15(17(12)14)10-23-25(18,21)22/h2-9,15-16H,10-11H2,1H3/t15?,16-/m0/s1. The van der Waals surface area contributed by atoms with E-state index in [4.69, 9.17) is 4.18 Å². The van der Waals surface area contributed by atoms with Crippen LogP contribution >= 0.6 is 0 Å². The molecule has 8 heteroatoms. The van der Waals surface area contributed by atoms with Crippen LogP contribution in [0.25, 0.3) is 0 Å². The molecule has 2 aromatic carbocycles. The van der Waals surface area contributed by atoms with E-state index in [1.54, 1.807) is 24.3 Å². The fourth-order valence-electron chi connectivity index (χ4n) is 3.71. The molecule has 0 radical (unpaired) electrons. The summed E-state index contributed by atoms with van der Waals surface area (Å²) in [5.41, 5.74) is 2.54. The van der Waals surface area contributed by atoms with Gasteiger partial charge in [-0.3, -0.25) is 4.18 Å². The Morgan fingerprint density at radius 2 is 1.84 bits per heavy atom. The second kappa shape index (κ2) is 5.63. The van der Waals surface area contributed by atoms with Crippen molar-refractivity contribution in [3.8, 4) is 0 Å². The highest BCUT2D eigenvalue weighted by Crippen LogP contribution is 2.49. The molecule has 0 bridgehead atoms. The maximum absolute atomic E-state index is 12.8. The molecule has 1 saturated heterocycles. The third-order valence-corrected chi connectivity index (χ3v) is 7.98. The molecule has 0 saturated carbocycles. The van der Waals surface area contributed by atoms with Crippen molar-refractivity contribution >= 4 is 20.1 Å². The van der Waals surface area contributed by atoms with Crippen LogP contribution in [0.3, 0.4) is 0 Å². The molecular formula is C17H17NO5S2. The highest BCUT2D eigenvalue weighted by molar-refractivity contribution is 7.91. The van der Waals surface area contributed by atoms with Gasteiger partial charge in [-0.05, 0) is 35.7 Å². The predicted octanol–water partition coefficient (Wildman–Crippen LogP) is 2.14. The maximum Gasteiger partial charge on any atom is 0.339 e. The van der Waals surface area contributed by atoms with Crippen molar-refractivity contribution in [2.24, 2.45) is 0 Å². The number of rotatable bonds is 3. The molecule has 1 unspecified atom stereocenters. The minimum Gasteiger partial charge on any atom is -0.256 e. The zero-order valence-electron chi connectivity index (χ0n) is 13.5. The summed E-state index contributed by atoms with van der Waals surface area (Å²) < 4.78 is 56.6. The van der Waals surface area contributed by atoms with E-state index in [0.717, 1.165) is 16.7 Å². The summed E-state index contributed by atoms with van der Waals surface area (Å²) in [4.78, 5) is 0.185. The molecule has 25 heavy (non-hydrogen) atoms. The second-order valence-electron chi connectivity index (χ2n) is 6.28. The van der Waals surface area contributed by atoms with Crippen LogP contribution in [0.15, 0.2) is 53.4 Å². The topological polar surface area (TPSA) is 80.8 Å². The smallest absolute Gasteiger partial charge is 0.256 e. The molecule has 1 fully saturated rings. The van der Waals surface area contributed by atoms with E-state index in [-0.39, 0.29) is 17.3 Å². The van der Waals surface area contributed by atoms with Crippen molar-refractivity contribution in [3.05, 3.63) is 65.2 Å². The number of sulfone groups is 1. The number of aryl methyl sites for hydroxylation is 1. The Morgan fingerprint density at radius 1 is 1.12 bits per heavy atom. The molecule has 2 atom stereocenters. The van der Waals surface area contributed by atoms with Crippen LogP contribution in [0, 0.1) is 6.92 Å². The second-order valence-corrected chi connectivity index (χ2v) is 9.82. The minimum absolute atomic E-state index is 0.0159. The molecule has 0 N–H and O–H groups in total. The fraction of sp³-hybridized carbons (Fsp3) is 0.294. The van der Waals surface area contributed by atoms with E-state index in [2.05, 4.69) is 0 Å². The van der Waals surface area contributed by atoms with E-state index in [0.29, 0.717) is 0 Å². The summed E-state index contributed by atoms with van der Waals surface area (Å²) in [6, 6.07) is 12.4. The van der Waals surface area contributed by atoms with E-state index in [1.165, 1.54) is 16.4 Å². The van der Waals surface area contributed by atoms with Crippen LogP contribution < -0.4 is 0 Å². The van der Waals surface area contributed by atoms with Crippen molar-refractivity contribution in [3.63, 3.8) is 0 Å². The molecule has 2 heterocycles. The van der Waals surface area contributed by atoms with Gasteiger partial charge in [0.25, 0.3) is 0 Å². The minimum atomic E-state index is -3.94. The number of hydrogen-bond donors (Lipinski definition) is 0. The molecule has 0 spiro atoms. The average molecular weight is 379 g/mol. The largest absolute Gasteiger partial charge is 0.339 e. The normalized spacial score (nSPS) is 24.8. The molecule has 6 nitrogen and oxygen atoms in total. The van der Waals surface area contributed by atoms with Gasteiger partial charge in [-0.1, -0.05) is 36.4 Å². The molecule has 4 rings (SSSR count). The van der Waals surface area contributed by atoms with Crippen molar-refractivity contribution in [1.29, 1.82) is 0 Å². The SMILES string of the molecule is Cc1cccc2c1C1COS(=O)(=O)N1[C@H]2CS(=O)(=O)c1ccccc1. The molecule has 2 aromatic rings. The Balaban J connectivity index is 1.82. The average Bonchev–Trinajstić information content (AvgIpc) is 3.05. The number of nitrogens with zero attached hydrogens (tertiary/aromatic N) is 1. The molecular weight excluding hydrogens is 362 g/mol. The molecule has 0 aliphatic carbocycles. The van der Waals surface area contributed by atoms with Crippen molar-refractivity contribution < 1.29 is 21.0 Å². The maximum atomic E-state index is 12.8. The molecule has 0 aromatic heterocycles. The van der Waals surface area contributed by atoms with Crippen LogP contribution in [0.2, 0.25) is 0 Å². The van der Waals surface area contributed by atoms with E-state index >= 15 is 0 Å². The van der Waals surface area contributed by atoms with Crippen LogP contribution in [0.5, 0.6) is 0 Å².